The van der Waals surface area contributed by atoms with E-state index in [2.05, 4.69) is 15.4 Å². The van der Waals surface area contributed by atoms with Crippen LogP contribution in [0.25, 0.3) is 0 Å². The minimum atomic E-state index is -4.17. The zero-order valence-electron chi connectivity index (χ0n) is 14.1. The highest BCUT2D eigenvalue weighted by Crippen LogP contribution is 2.25. The summed E-state index contributed by atoms with van der Waals surface area (Å²) < 4.78 is 40.2. The van der Waals surface area contributed by atoms with Gasteiger partial charge in [-0.25, -0.2) is 0 Å². The standard InChI is InChI=1S/C15H25F3N6/c1-13(15(16,17)18)22-9-11-23(12-10-22)14(19-2)20-5-3-7-24-8-4-6-21-24/h4,6,8,13H,3,5,7,9-12H2,1-2H3,(H,19,20). The Hall–Kier alpha value is -1.77. The lowest BCUT2D eigenvalue weighted by Gasteiger charge is -2.39. The lowest BCUT2D eigenvalue weighted by atomic mass is 10.2. The highest BCUT2D eigenvalue weighted by atomic mass is 19.4. The Labute approximate surface area is 140 Å². The molecule has 0 spiro atoms. The molecule has 2 heterocycles. The van der Waals surface area contributed by atoms with Gasteiger partial charge >= 0.3 is 6.18 Å². The van der Waals surface area contributed by atoms with Gasteiger partial charge in [-0.05, 0) is 19.4 Å². The monoisotopic (exact) mass is 346 g/mol. The number of nitrogens with one attached hydrogen (secondary N) is 1. The molecule has 0 saturated carbocycles. The molecule has 9 heteroatoms. The SMILES string of the molecule is CN=C(NCCCn1cccn1)N1CCN(C(C)C(F)(F)F)CC1. The van der Waals surface area contributed by atoms with E-state index in [0.717, 1.165) is 25.5 Å². The first-order chi connectivity index (χ1) is 11.4. The minimum absolute atomic E-state index is 0.384. The molecule has 1 saturated heterocycles. The van der Waals surface area contributed by atoms with Crippen LogP contribution in [0.1, 0.15) is 13.3 Å². The van der Waals surface area contributed by atoms with E-state index in [1.807, 2.05) is 21.8 Å². The van der Waals surface area contributed by atoms with Crippen molar-refractivity contribution in [1.82, 2.24) is 24.9 Å². The number of rotatable bonds is 5. The van der Waals surface area contributed by atoms with E-state index in [0.29, 0.717) is 26.2 Å². The molecule has 1 unspecified atom stereocenters. The van der Waals surface area contributed by atoms with Gasteiger partial charge in [-0.1, -0.05) is 0 Å². The molecular formula is C15H25F3N6. The summed E-state index contributed by atoms with van der Waals surface area (Å²) in [6, 6.07) is 0.483. The van der Waals surface area contributed by atoms with Gasteiger partial charge in [-0.2, -0.15) is 18.3 Å². The lowest BCUT2D eigenvalue weighted by Crippen LogP contribution is -2.56. The Morgan fingerprint density at radius 3 is 2.54 bits per heavy atom. The number of alkyl halides is 3. The van der Waals surface area contributed by atoms with Gasteiger partial charge in [0.2, 0.25) is 0 Å². The van der Waals surface area contributed by atoms with E-state index in [-0.39, 0.29) is 0 Å². The normalized spacial score (nSPS) is 18.7. The van der Waals surface area contributed by atoms with Gasteiger partial charge < -0.3 is 10.2 Å². The molecule has 1 aromatic rings. The molecule has 0 bridgehead atoms. The topological polar surface area (TPSA) is 48.7 Å². The van der Waals surface area contributed by atoms with E-state index in [9.17, 15) is 13.2 Å². The van der Waals surface area contributed by atoms with Crippen LogP contribution in [0.15, 0.2) is 23.5 Å². The fraction of sp³-hybridized carbons (Fsp3) is 0.733. The van der Waals surface area contributed by atoms with Crippen molar-refractivity contribution in [2.75, 3.05) is 39.8 Å². The van der Waals surface area contributed by atoms with Crippen LogP contribution >= 0.6 is 0 Å². The molecule has 1 aliphatic heterocycles. The molecule has 0 radical (unpaired) electrons. The van der Waals surface area contributed by atoms with E-state index >= 15 is 0 Å². The zero-order valence-corrected chi connectivity index (χ0v) is 14.1. The Kier molecular flexibility index (Phi) is 6.47. The minimum Gasteiger partial charge on any atom is -0.356 e. The first-order valence-corrected chi connectivity index (χ1v) is 8.15. The van der Waals surface area contributed by atoms with Crippen molar-refractivity contribution >= 4 is 5.96 Å². The molecule has 136 valence electrons. The summed E-state index contributed by atoms with van der Waals surface area (Å²) in [5, 5.41) is 7.41. The van der Waals surface area contributed by atoms with E-state index in [4.69, 9.17) is 0 Å². The van der Waals surface area contributed by atoms with Crippen LogP contribution in [0.2, 0.25) is 0 Å². The molecule has 0 aliphatic carbocycles. The molecule has 1 aromatic heterocycles. The second kappa shape index (κ2) is 8.36. The molecular weight excluding hydrogens is 321 g/mol. The van der Waals surface area contributed by atoms with Crippen LogP contribution < -0.4 is 5.32 Å². The Balaban J connectivity index is 1.73. The van der Waals surface area contributed by atoms with Gasteiger partial charge in [0.05, 0.1) is 0 Å². The molecule has 24 heavy (non-hydrogen) atoms. The maximum Gasteiger partial charge on any atom is 0.403 e. The quantitative estimate of drug-likeness (QED) is 0.498. The first kappa shape index (κ1) is 18.6. The second-order valence-electron chi connectivity index (χ2n) is 5.84. The Morgan fingerprint density at radius 1 is 1.29 bits per heavy atom. The number of hydrogen-bond acceptors (Lipinski definition) is 3. The molecule has 1 aliphatic rings. The van der Waals surface area contributed by atoms with E-state index in [1.165, 1.54) is 11.8 Å². The number of aliphatic imine (C=N–C) groups is 1. The number of aryl methyl sites for hydroxylation is 1. The van der Waals surface area contributed by atoms with Crippen molar-refractivity contribution in [3.05, 3.63) is 18.5 Å². The first-order valence-electron chi connectivity index (χ1n) is 8.15. The highest BCUT2D eigenvalue weighted by Gasteiger charge is 2.41. The largest absolute Gasteiger partial charge is 0.403 e. The van der Waals surface area contributed by atoms with Crippen LogP contribution in [0.5, 0.6) is 0 Å². The average Bonchev–Trinajstić information content (AvgIpc) is 3.07. The number of guanidine groups is 1. The van der Waals surface area contributed by atoms with E-state index < -0.39 is 12.2 Å². The highest BCUT2D eigenvalue weighted by molar-refractivity contribution is 5.79. The van der Waals surface area contributed by atoms with Crippen LogP contribution in [0, 0.1) is 0 Å². The number of piperazine rings is 1. The van der Waals surface area contributed by atoms with Gasteiger partial charge in [0.25, 0.3) is 0 Å². The number of aromatic nitrogens is 2. The summed E-state index contributed by atoms with van der Waals surface area (Å²) in [5.41, 5.74) is 0. The Bertz CT molecular complexity index is 506. The summed E-state index contributed by atoms with van der Waals surface area (Å²) in [5.74, 6) is 0.745. The summed E-state index contributed by atoms with van der Waals surface area (Å²) in [6.07, 6.45) is 0.379. The summed E-state index contributed by atoms with van der Waals surface area (Å²) in [4.78, 5) is 7.71. The van der Waals surface area contributed by atoms with Gasteiger partial charge in [0.1, 0.15) is 6.04 Å². The maximum atomic E-state index is 12.8. The average molecular weight is 346 g/mol. The second-order valence-corrected chi connectivity index (χ2v) is 5.84. The summed E-state index contributed by atoms with van der Waals surface area (Å²) in [6.45, 7) is 4.62. The van der Waals surface area contributed by atoms with Gasteiger partial charge in [0.15, 0.2) is 5.96 Å². The molecule has 0 aromatic carbocycles. The Morgan fingerprint density at radius 2 is 2.00 bits per heavy atom. The molecule has 1 fully saturated rings. The molecule has 0 amide bonds. The lowest BCUT2D eigenvalue weighted by molar-refractivity contribution is -0.181. The number of hydrogen-bond donors (Lipinski definition) is 1. The molecule has 1 N–H and O–H groups in total. The van der Waals surface area contributed by atoms with Crippen LogP contribution in [0.4, 0.5) is 13.2 Å². The fourth-order valence-corrected chi connectivity index (χ4v) is 2.73. The van der Waals surface area contributed by atoms with Gasteiger partial charge in [-0.15, -0.1) is 0 Å². The van der Waals surface area contributed by atoms with Gasteiger partial charge in [-0.3, -0.25) is 14.6 Å². The van der Waals surface area contributed by atoms with Crippen molar-refractivity contribution in [2.24, 2.45) is 4.99 Å². The number of halogens is 3. The third-order valence-electron chi connectivity index (χ3n) is 4.25. The molecule has 2 rings (SSSR count). The summed E-state index contributed by atoms with van der Waals surface area (Å²) in [7, 11) is 1.69. The predicted octanol–water partition coefficient (Wildman–Crippen LogP) is 1.42. The van der Waals surface area contributed by atoms with Crippen molar-refractivity contribution < 1.29 is 13.2 Å². The molecule has 1 atom stereocenters. The number of nitrogens with zero attached hydrogens (tertiary/aromatic N) is 5. The smallest absolute Gasteiger partial charge is 0.356 e. The van der Waals surface area contributed by atoms with Crippen LogP contribution in [-0.2, 0) is 6.54 Å². The summed E-state index contributed by atoms with van der Waals surface area (Å²) >= 11 is 0. The molecule has 6 nitrogen and oxygen atoms in total. The predicted molar refractivity (Wildman–Crippen MR) is 86.9 cm³/mol. The third-order valence-corrected chi connectivity index (χ3v) is 4.25. The van der Waals surface area contributed by atoms with Crippen molar-refractivity contribution in [2.45, 2.75) is 32.1 Å². The zero-order chi connectivity index (χ0) is 17.6. The fourth-order valence-electron chi connectivity index (χ4n) is 2.73. The van der Waals surface area contributed by atoms with Crippen LogP contribution in [0.3, 0.4) is 0 Å². The third kappa shape index (κ3) is 5.12. The van der Waals surface area contributed by atoms with Crippen molar-refractivity contribution in [3.63, 3.8) is 0 Å². The van der Waals surface area contributed by atoms with Crippen molar-refractivity contribution in [1.29, 1.82) is 0 Å². The van der Waals surface area contributed by atoms with Crippen LogP contribution in [-0.4, -0.2) is 77.5 Å². The van der Waals surface area contributed by atoms with Gasteiger partial charge in [0, 0.05) is 58.7 Å². The van der Waals surface area contributed by atoms with E-state index in [1.54, 1.807) is 13.2 Å². The maximum absolute atomic E-state index is 12.8. The van der Waals surface area contributed by atoms with Crippen molar-refractivity contribution in [3.8, 4) is 0 Å².